The largest absolute Gasteiger partial charge is 0.218 e. The molecule has 0 unspecified atom stereocenters. The van der Waals surface area contributed by atoms with Crippen LogP contribution in [-0.4, -0.2) is 21.2 Å². The van der Waals surface area contributed by atoms with Crippen molar-refractivity contribution in [2.75, 3.05) is 12.8 Å². The number of allylic oxidation sites excluding steroid dienone is 1. The molecule has 0 saturated heterocycles. The van der Waals surface area contributed by atoms with Crippen molar-refractivity contribution in [3.63, 3.8) is 0 Å². The summed E-state index contributed by atoms with van der Waals surface area (Å²) in [5, 5.41) is 0. The Morgan fingerprint density at radius 2 is 2.00 bits per heavy atom. The lowest BCUT2D eigenvalue weighted by Crippen LogP contribution is -2.27. The molecule has 1 fully saturated rings. The lowest BCUT2D eigenvalue weighted by atomic mass is 9.88. The Labute approximate surface area is 80.3 Å². The summed E-state index contributed by atoms with van der Waals surface area (Å²) in [6, 6.07) is 0. The Kier molecular flexibility index (Phi) is 3.50. The topological polar surface area (TPSA) is 46.2 Å². The van der Waals surface area contributed by atoms with Gasteiger partial charge in [0.2, 0.25) is 10.0 Å². The maximum absolute atomic E-state index is 11.2. The molecule has 0 amide bonds. The average molecular weight is 203 g/mol. The predicted molar refractivity (Wildman–Crippen MR) is 53.9 cm³/mol. The van der Waals surface area contributed by atoms with Crippen LogP contribution in [0.4, 0.5) is 0 Å². The van der Waals surface area contributed by atoms with Crippen LogP contribution in [0.5, 0.6) is 0 Å². The molecule has 1 N–H and O–H groups in total. The number of sulfonamides is 1. The zero-order valence-electron chi connectivity index (χ0n) is 8.04. The van der Waals surface area contributed by atoms with Crippen LogP contribution in [0.1, 0.15) is 25.7 Å². The third kappa shape index (κ3) is 3.48. The van der Waals surface area contributed by atoms with Crippen molar-refractivity contribution in [1.29, 1.82) is 0 Å². The number of rotatable bonds is 3. The molecule has 1 aliphatic rings. The second-order valence-electron chi connectivity index (χ2n) is 3.68. The van der Waals surface area contributed by atoms with E-state index in [4.69, 9.17) is 0 Å². The van der Waals surface area contributed by atoms with E-state index in [9.17, 15) is 8.42 Å². The molecule has 1 rings (SSSR count). The third-order valence-electron chi connectivity index (χ3n) is 2.58. The van der Waals surface area contributed by atoms with E-state index >= 15 is 0 Å². The highest BCUT2D eigenvalue weighted by Crippen LogP contribution is 2.27. The summed E-state index contributed by atoms with van der Waals surface area (Å²) in [7, 11) is -1.55. The van der Waals surface area contributed by atoms with E-state index in [0.717, 1.165) is 25.7 Å². The van der Waals surface area contributed by atoms with Crippen molar-refractivity contribution in [2.24, 2.45) is 5.92 Å². The van der Waals surface area contributed by atoms with Gasteiger partial charge in [-0.2, -0.15) is 0 Å². The fourth-order valence-corrected chi connectivity index (χ4v) is 2.77. The first-order chi connectivity index (χ1) is 6.03. The van der Waals surface area contributed by atoms with Gasteiger partial charge in [0.15, 0.2) is 0 Å². The molecule has 0 bridgehead atoms. The van der Waals surface area contributed by atoms with E-state index in [0.29, 0.717) is 5.92 Å². The Hall–Kier alpha value is -0.350. The predicted octanol–water partition coefficient (Wildman–Crippen LogP) is 1.28. The van der Waals surface area contributed by atoms with Crippen LogP contribution in [0, 0.1) is 5.92 Å². The quantitative estimate of drug-likeness (QED) is 0.702. The molecule has 0 aromatic rings. The Morgan fingerprint density at radius 3 is 2.46 bits per heavy atom. The average Bonchev–Trinajstić information content (AvgIpc) is 2.09. The highest BCUT2D eigenvalue weighted by Gasteiger charge is 2.20. The summed E-state index contributed by atoms with van der Waals surface area (Å²) in [5.41, 5.74) is 1.26. The van der Waals surface area contributed by atoms with Gasteiger partial charge in [0.1, 0.15) is 0 Å². The van der Waals surface area contributed by atoms with Crippen molar-refractivity contribution in [1.82, 2.24) is 4.72 Å². The first-order valence-corrected chi connectivity index (χ1v) is 6.26. The minimum absolute atomic E-state index is 0.275. The molecule has 13 heavy (non-hydrogen) atoms. The summed E-state index contributed by atoms with van der Waals surface area (Å²) >= 11 is 0. The lowest BCUT2D eigenvalue weighted by Gasteiger charge is -2.22. The van der Waals surface area contributed by atoms with E-state index < -0.39 is 10.0 Å². The van der Waals surface area contributed by atoms with E-state index in [1.54, 1.807) is 0 Å². The molecule has 4 heteroatoms. The smallest absolute Gasteiger partial charge is 0.211 e. The fourth-order valence-electron chi connectivity index (χ4n) is 1.65. The van der Waals surface area contributed by atoms with E-state index in [-0.39, 0.29) is 5.75 Å². The van der Waals surface area contributed by atoms with Crippen LogP contribution in [0.3, 0.4) is 0 Å². The molecule has 0 heterocycles. The highest BCUT2D eigenvalue weighted by atomic mass is 32.2. The molecule has 0 radical (unpaired) electrons. The molecule has 1 aliphatic carbocycles. The van der Waals surface area contributed by atoms with Crippen molar-refractivity contribution >= 4 is 10.0 Å². The van der Waals surface area contributed by atoms with Gasteiger partial charge in [-0.3, -0.25) is 0 Å². The van der Waals surface area contributed by atoms with Gasteiger partial charge < -0.3 is 0 Å². The van der Waals surface area contributed by atoms with Crippen LogP contribution in [0.15, 0.2) is 12.2 Å². The Morgan fingerprint density at radius 1 is 1.46 bits per heavy atom. The zero-order chi connectivity index (χ0) is 9.90. The summed E-state index contributed by atoms with van der Waals surface area (Å²) in [6.45, 7) is 3.90. The summed E-state index contributed by atoms with van der Waals surface area (Å²) < 4.78 is 24.8. The molecule has 0 aromatic carbocycles. The highest BCUT2D eigenvalue weighted by molar-refractivity contribution is 7.89. The van der Waals surface area contributed by atoms with E-state index in [1.165, 1.54) is 12.6 Å². The second kappa shape index (κ2) is 4.24. The number of nitrogens with one attached hydrogen (secondary N) is 1. The minimum atomic E-state index is -3.02. The van der Waals surface area contributed by atoms with Crippen LogP contribution in [0.2, 0.25) is 0 Å². The number of hydrogen-bond donors (Lipinski definition) is 1. The van der Waals surface area contributed by atoms with E-state index in [1.807, 2.05) is 0 Å². The molecule has 0 aromatic heterocycles. The molecule has 0 atom stereocenters. The normalized spacial score (nSPS) is 20.5. The van der Waals surface area contributed by atoms with Gasteiger partial charge in [-0.1, -0.05) is 12.2 Å². The Balaban J connectivity index is 2.43. The summed E-state index contributed by atoms with van der Waals surface area (Å²) in [4.78, 5) is 0. The van der Waals surface area contributed by atoms with Crippen molar-refractivity contribution < 1.29 is 8.42 Å². The maximum Gasteiger partial charge on any atom is 0.211 e. The van der Waals surface area contributed by atoms with Gasteiger partial charge >= 0.3 is 0 Å². The van der Waals surface area contributed by atoms with Gasteiger partial charge in [0.05, 0.1) is 5.75 Å². The summed E-state index contributed by atoms with van der Waals surface area (Å²) in [5.74, 6) is 0.597. The molecule has 1 saturated carbocycles. The molecule has 3 nitrogen and oxygen atoms in total. The number of hydrogen-bond acceptors (Lipinski definition) is 2. The fraction of sp³-hybridized carbons (Fsp3) is 0.778. The zero-order valence-corrected chi connectivity index (χ0v) is 8.86. The first-order valence-electron chi connectivity index (χ1n) is 4.61. The van der Waals surface area contributed by atoms with Gasteiger partial charge in [0.25, 0.3) is 0 Å². The van der Waals surface area contributed by atoms with Gasteiger partial charge in [0, 0.05) is 0 Å². The van der Waals surface area contributed by atoms with Gasteiger partial charge in [-0.25, -0.2) is 13.1 Å². The third-order valence-corrected chi connectivity index (χ3v) is 4.11. The van der Waals surface area contributed by atoms with Gasteiger partial charge in [-0.05, 0) is 38.6 Å². The molecular weight excluding hydrogens is 186 g/mol. The van der Waals surface area contributed by atoms with Gasteiger partial charge in [-0.15, -0.1) is 0 Å². The van der Waals surface area contributed by atoms with Crippen LogP contribution in [0.25, 0.3) is 0 Å². The molecule has 0 spiro atoms. The lowest BCUT2D eigenvalue weighted by molar-refractivity contribution is 0.440. The molecular formula is C9H17NO2S. The monoisotopic (exact) mass is 203 g/mol. The van der Waals surface area contributed by atoms with Crippen molar-refractivity contribution in [3.05, 3.63) is 12.2 Å². The first kappa shape index (κ1) is 10.7. The maximum atomic E-state index is 11.2. The van der Waals surface area contributed by atoms with Crippen molar-refractivity contribution in [3.8, 4) is 0 Å². The molecule has 76 valence electrons. The molecule has 0 aliphatic heterocycles. The van der Waals surface area contributed by atoms with Crippen LogP contribution < -0.4 is 4.72 Å². The van der Waals surface area contributed by atoms with E-state index in [2.05, 4.69) is 11.3 Å². The SMILES string of the molecule is C=C1CCC(CS(=O)(=O)NC)CC1. The minimum Gasteiger partial charge on any atom is -0.218 e. The van der Waals surface area contributed by atoms with Crippen LogP contribution >= 0.6 is 0 Å². The second-order valence-corrected chi connectivity index (χ2v) is 5.65. The van der Waals surface area contributed by atoms with Crippen molar-refractivity contribution in [2.45, 2.75) is 25.7 Å². The Bertz CT molecular complexity index is 272. The standard InChI is InChI=1S/C9H17NO2S/c1-8-3-5-9(6-4-8)7-13(11,12)10-2/h9-10H,1,3-7H2,2H3. The summed E-state index contributed by atoms with van der Waals surface area (Å²) in [6.07, 6.45) is 3.92. The van der Waals surface area contributed by atoms with Crippen LogP contribution in [-0.2, 0) is 10.0 Å².